The van der Waals surface area contributed by atoms with Crippen LogP contribution in [0, 0.1) is 0 Å². The molecule has 5 heteroatoms. The molecule has 5 nitrogen and oxygen atoms in total. The van der Waals surface area contributed by atoms with Crippen molar-refractivity contribution >= 4 is 27.8 Å². The van der Waals surface area contributed by atoms with Crippen LogP contribution >= 0.6 is 0 Å². The number of para-hydroxylation sites is 1. The van der Waals surface area contributed by atoms with Crippen LogP contribution in [0.15, 0.2) is 59.3 Å². The van der Waals surface area contributed by atoms with Gasteiger partial charge in [-0.25, -0.2) is 0 Å². The van der Waals surface area contributed by atoms with Gasteiger partial charge in [0.2, 0.25) is 5.91 Å². The van der Waals surface area contributed by atoms with Gasteiger partial charge in [0.15, 0.2) is 0 Å². The van der Waals surface area contributed by atoms with E-state index in [0.717, 1.165) is 48.2 Å². The summed E-state index contributed by atoms with van der Waals surface area (Å²) in [4.78, 5) is 18.3. The summed E-state index contributed by atoms with van der Waals surface area (Å²) in [7, 11) is 1.63. The average Bonchev–Trinajstić information content (AvgIpc) is 3.37. The zero-order valence-electron chi connectivity index (χ0n) is 16.5. The second-order valence-electron chi connectivity index (χ2n) is 7.74. The Balaban J connectivity index is 1.26. The Kier molecular flexibility index (Phi) is 4.51. The first-order valence-electron chi connectivity index (χ1n) is 10.1. The van der Waals surface area contributed by atoms with Gasteiger partial charge in [0.25, 0.3) is 0 Å². The number of aromatic amines is 1. The lowest BCUT2D eigenvalue weighted by molar-refractivity contribution is -0.131. The number of hydrogen-bond donors (Lipinski definition) is 1. The predicted octanol–water partition coefficient (Wildman–Crippen LogP) is 4.87. The van der Waals surface area contributed by atoms with Gasteiger partial charge in [-0.05, 0) is 42.5 Å². The lowest BCUT2D eigenvalue weighted by Gasteiger charge is -2.32. The van der Waals surface area contributed by atoms with Crippen LogP contribution in [0.25, 0.3) is 21.9 Å². The summed E-state index contributed by atoms with van der Waals surface area (Å²) >= 11 is 0. The predicted molar refractivity (Wildman–Crippen MR) is 113 cm³/mol. The number of furan rings is 1. The molecule has 1 saturated heterocycles. The fourth-order valence-corrected chi connectivity index (χ4v) is 4.47. The molecule has 0 atom stereocenters. The molecule has 0 unspecified atom stereocenters. The molecule has 0 saturated carbocycles. The Morgan fingerprint density at radius 3 is 2.83 bits per heavy atom. The molecule has 0 aliphatic carbocycles. The van der Waals surface area contributed by atoms with Crippen LogP contribution in [-0.2, 0) is 11.2 Å². The van der Waals surface area contributed by atoms with E-state index < -0.39 is 0 Å². The van der Waals surface area contributed by atoms with E-state index in [1.165, 1.54) is 16.5 Å². The van der Waals surface area contributed by atoms with Gasteiger partial charge in [-0.2, -0.15) is 0 Å². The molecule has 2 aromatic carbocycles. The van der Waals surface area contributed by atoms with Gasteiger partial charge in [0.1, 0.15) is 11.3 Å². The molecule has 5 rings (SSSR count). The standard InChI is InChI=1S/C24H24N2O3/c1-28-18-6-7-19-17(15-29-23(19)13-18)12-24(27)26-10-8-16(9-11-26)21-14-25-22-5-3-2-4-20(21)22/h2-7,13-16,25H,8-12H2,1H3. The highest BCUT2D eigenvalue weighted by Gasteiger charge is 2.26. The number of carbonyl (C=O) groups excluding carboxylic acids is 1. The van der Waals surface area contributed by atoms with Gasteiger partial charge in [-0.1, -0.05) is 18.2 Å². The number of methoxy groups -OCH3 is 1. The number of nitrogens with zero attached hydrogens (tertiary/aromatic N) is 1. The van der Waals surface area contributed by atoms with Crippen LogP contribution in [0.5, 0.6) is 5.75 Å². The fourth-order valence-electron chi connectivity index (χ4n) is 4.47. The van der Waals surface area contributed by atoms with E-state index >= 15 is 0 Å². The topological polar surface area (TPSA) is 58.5 Å². The SMILES string of the molecule is COc1ccc2c(CC(=O)N3CCC(c4c[nH]c5ccccc45)CC3)coc2c1. The smallest absolute Gasteiger partial charge is 0.227 e. The number of nitrogens with one attached hydrogen (secondary N) is 1. The number of likely N-dealkylation sites (tertiary alicyclic amines) is 1. The zero-order valence-corrected chi connectivity index (χ0v) is 16.5. The van der Waals surface area contributed by atoms with Crippen molar-refractivity contribution in [2.75, 3.05) is 20.2 Å². The molecule has 29 heavy (non-hydrogen) atoms. The first-order valence-corrected chi connectivity index (χ1v) is 10.1. The minimum absolute atomic E-state index is 0.167. The maximum atomic E-state index is 12.9. The number of H-pyrrole nitrogens is 1. The Morgan fingerprint density at radius 1 is 1.17 bits per heavy atom. The fraction of sp³-hybridized carbons (Fsp3) is 0.292. The molecule has 2 aromatic heterocycles. The highest BCUT2D eigenvalue weighted by atomic mass is 16.5. The highest BCUT2D eigenvalue weighted by molar-refractivity contribution is 5.88. The Bertz CT molecular complexity index is 1170. The van der Waals surface area contributed by atoms with E-state index in [2.05, 4.69) is 35.4 Å². The number of piperidine rings is 1. The van der Waals surface area contributed by atoms with Crippen molar-refractivity contribution in [3.63, 3.8) is 0 Å². The van der Waals surface area contributed by atoms with Crippen molar-refractivity contribution in [3.05, 3.63) is 66.1 Å². The summed E-state index contributed by atoms with van der Waals surface area (Å²) in [5.74, 6) is 1.42. The second kappa shape index (κ2) is 7.32. The molecule has 0 radical (unpaired) electrons. The number of rotatable bonds is 4. The number of fused-ring (bicyclic) bond motifs is 2. The van der Waals surface area contributed by atoms with Crippen LogP contribution < -0.4 is 4.74 Å². The maximum absolute atomic E-state index is 12.9. The molecule has 0 bridgehead atoms. The van der Waals surface area contributed by atoms with E-state index in [9.17, 15) is 4.79 Å². The first-order chi connectivity index (χ1) is 14.2. The van der Waals surface area contributed by atoms with Crippen LogP contribution in [0.1, 0.15) is 29.9 Å². The molecule has 0 spiro atoms. The Hall–Kier alpha value is -3.21. The third-order valence-corrected chi connectivity index (χ3v) is 6.11. The van der Waals surface area contributed by atoms with E-state index in [1.54, 1.807) is 13.4 Å². The number of carbonyl (C=O) groups is 1. The molecular formula is C24H24N2O3. The van der Waals surface area contributed by atoms with Gasteiger partial charge in [-0.15, -0.1) is 0 Å². The summed E-state index contributed by atoms with van der Waals surface area (Å²) in [6, 6.07) is 14.2. The van der Waals surface area contributed by atoms with Crippen molar-refractivity contribution in [1.82, 2.24) is 9.88 Å². The lowest BCUT2D eigenvalue weighted by Crippen LogP contribution is -2.38. The van der Waals surface area contributed by atoms with Crippen LogP contribution in [0.2, 0.25) is 0 Å². The highest BCUT2D eigenvalue weighted by Crippen LogP contribution is 2.33. The summed E-state index contributed by atoms with van der Waals surface area (Å²) in [6.07, 6.45) is 6.20. The van der Waals surface area contributed by atoms with Crippen LogP contribution in [0.3, 0.4) is 0 Å². The molecule has 1 aliphatic heterocycles. The summed E-state index contributed by atoms with van der Waals surface area (Å²) in [6.45, 7) is 1.60. The first kappa shape index (κ1) is 17.9. The summed E-state index contributed by atoms with van der Waals surface area (Å²) < 4.78 is 10.9. The quantitative estimate of drug-likeness (QED) is 0.542. The number of hydrogen-bond acceptors (Lipinski definition) is 3. The maximum Gasteiger partial charge on any atom is 0.227 e. The van der Waals surface area contributed by atoms with Crippen molar-refractivity contribution < 1.29 is 13.9 Å². The summed E-state index contributed by atoms with van der Waals surface area (Å²) in [5.41, 5.74) is 4.25. The molecule has 4 aromatic rings. The molecule has 3 heterocycles. The van der Waals surface area contributed by atoms with E-state index in [-0.39, 0.29) is 5.91 Å². The number of ether oxygens (including phenoxy) is 1. The van der Waals surface area contributed by atoms with Gasteiger partial charge in [-0.3, -0.25) is 4.79 Å². The molecule has 1 N–H and O–H groups in total. The molecule has 1 fully saturated rings. The largest absolute Gasteiger partial charge is 0.497 e. The van der Waals surface area contributed by atoms with Crippen molar-refractivity contribution in [2.24, 2.45) is 0 Å². The summed E-state index contributed by atoms with van der Waals surface area (Å²) in [5, 5.41) is 2.28. The third kappa shape index (κ3) is 3.27. The van der Waals surface area contributed by atoms with Crippen molar-refractivity contribution in [1.29, 1.82) is 0 Å². The second-order valence-corrected chi connectivity index (χ2v) is 7.74. The third-order valence-electron chi connectivity index (χ3n) is 6.11. The Labute approximate surface area is 169 Å². The van der Waals surface area contributed by atoms with Gasteiger partial charge in [0, 0.05) is 47.2 Å². The van der Waals surface area contributed by atoms with Crippen molar-refractivity contribution in [3.8, 4) is 5.75 Å². The van der Waals surface area contributed by atoms with E-state index in [1.807, 2.05) is 23.1 Å². The average molecular weight is 388 g/mol. The number of benzene rings is 2. The number of amides is 1. The number of aromatic nitrogens is 1. The van der Waals surface area contributed by atoms with Gasteiger partial charge in [0.05, 0.1) is 19.8 Å². The zero-order chi connectivity index (χ0) is 19.8. The Morgan fingerprint density at radius 2 is 2.00 bits per heavy atom. The van der Waals surface area contributed by atoms with Crippen molar-refractivity contribution in [2.45, 2.75) is 25.2 Å². The van der Waals surface area contributed by atoms with Crippen LogP contribution in [-0.4, -0.2) is 36.0 Å². The van der Waals surface area contributed by atoms with E-state index in [0.29, 0.717) is 12.3 Å². The monoisotopic (exact) mass is 388 g/mol. The molecule has 1 aliphatic rings. The minimum atomic E-state index is 0.167. The van der Waals surface area contributed by atoms with Gasteiger partial charge >= 0.3 is 0 Å². The minimum Gasteiger partial charge on any atom is -0.497 e. The lowest BCUT2D eigenvalue weighted by atomic mass is 9.89. The molecule has 1 amide bonds. The molecular weight excluding hydrogens is 364 g/mol. The van der Waals surface area contributed by atoms with E-state index in [4.69, 9.17) is 9.15 Å². The van der Waals surface area contributed by atoms with Gasteiger partial charge < -0.3 is 19.0 Å². The molecule has 148 valence electrons. The normalized spacial score (nSPS) is 15.3. The van der Waals surface area contributed by atoms with Crippen LogP contribution in [0.4, 0.5) is 0 Å².